The van der Waals surface area contributed by atoms with E-state index in [9.17, 15) is 24.6 Å². The number of rotatable bonds is 16. The second-order valence-corrected chi connectivity index (χ2v) is 20.5. The van der Waals surface area contributed by atoms with Crippen molar-refractivity contribution in [2.75, 3.05) is 25.5 Å². The summed E-state index contributed by atoms with van der Waals surface area (Å²) >= 11 is 6.69. The number of carboxylic acid groups (broad SMARTS) is 1. The number of anilines is 1. The van der Waals surface area contributed by atoms with Crippen LogP contribution in [0.25, 0.3) is 22.0 Å². The molecule has 0 aliphatic rings. The highest BCUT2D eigenvalue weighted by Crippen LogP contribution is 2.41. The van der Waals surface area contributed by atoms with Crippen molar-refractivity contribution in [1.29, 1.82) is 0 Å². The van der Waals surface area contributed by atoms with E-state index in [2.05, 4.69) is 54.8 Å². The molecule has 1 atom stereocenters. The molecule has 0 aliphatic carbocycles. The van der Waals surface area contributed by atoms with Crippen molar-refractivity contribution in [1.82, 2.24) is 15.6 Å². The number of amides is 2. The van der Waals surface area contributed by atoms with Gasteiger partial charge in [-0.25, -0.2) is 4.79 Å². The summed E-state index contributed by atoms with van der Waals surface area (Å²) in [6.07, 6.45) is 0.654. The minimum absolute atomic E-state index is 0.0141. The second kappa shape index (κ2) is 18.2. The number of unbranched alkanes of at least 4 members (excludes halogenated alkanes) is 1. The molecular weight excluding hydrogens is 748 g/mol. The molecule has 0 fully saturated rings. The molecule has 296 valence electrons. The molecule has 0 spiro atoms. The Morgan fingerprint density at radius 2 is 1.71 bits per heavy atom. The number of nitrogens with one attached hydrogen (secondary N) is 4. The SMILES string of the molecule is COc1cc(C(=O)NCCCCc2ccc(-c3ccccc3)c(NC(=O)O)c2)c(Cl)cc1CNC[C@@H](O[Si](C)(C)C(C)(C)C)c1ccc(O)c2[nH]c(=O)ccc12. The molecule has 0 radical (unpaired) electrons. The average molecular weight is 799 g/mol. The molecule has 5 aromatic rings. The average Bonchev–Trinajstić information content (AvgIpc) is 3.14. The number of H-pyrrole nitrogens is 1. The summed E-state index contributed by atoms with van der Waals surface area (Å²) in [5, 5.41) is 29.8. The van der Waals surface area contributed by atoms with Gasteiger partial charge < -0.3 is 35.0 Å². The van der Waals surface area contributed by atoms with Gasteiger partial charge in [0.1, 0.15) is 11.5 Å². The number of carbonyl (C=O) groups excluding carboxylic acids is 1. The number of pyridine rings is 1. The number of aromatic amines is 1. The summed E-state index contributed by atoms with van der Waals surface area (Å²) in [5.74, 6) is 0.180. The van der Waals surface area contributed by atoms with Gasteiger partial charge in [0.2, 0.25) is 5.56 Å². The number of methoxy groups -OCH3 is 1. The molecule has 6 N–H and O–H groups in total. The topological polar surface area (TPSA) is 162 Å². The molecule has 11 nitrogen and oxygen atoms in total. The van der Waals surface area contributed by atoms with Crippen LogP contribution in [0.5, 0.6) is 11.5 Å². The largest absolute Gasteiger partial charge is 0.506 e. The Morgan fingerprint density at radius 1 is 0.964 bits per heavy atom. The molecule has 0 bridgehead atoms. The van der Waals surface area contributed by atoms with Crippen LogP contribution in [-0.4, -0.2) is 55.7 Å². The summed E-state index contributed by atoms with van der Waals surface area (Å²) in [5.41, 5.74) is 5.20. The van der Waals surface area contributed by atoms with E-state index in [1.807, 2.05) is 54.6 Å². The molecule has 1 heterocycles. The minimum atomic E-state index is -2.28. The number of aromatic hydroxyl groups is 1. The highest BCUT2D eigenvalue weighted by molar-refractivity contribution is 6.74. The lowest BCUT2D eigenvalue weighted by Crippen LogP contribution is -2.43. The number of phenols is 1. The smallest absolute Gasteiger partial charge is 0.409 e. The fourth-order valence-electron chi connectivity index (χ4n) is 6.31. The minimum Gasteiger partial charge on any atom is -0.506 e. The predicted octanol–water partition coefficient (Wildman–Crippen LogP) is 9.26. The molecule has 0 unspecified atom stereocenters. The maximum Gasteiger partial charge on any atom is 0.409 e. The zero-order valence-corrected chi connectivity index (χ0v) is 34.5. The molecule has 2 amide bonds. The Labute approximate surface area is 333 Å². The molecule has 56 heavy (non-hydrogen) atoms. The first kappa shape index (κ1) is 42.0. The second-order valence-electron chi connectivity index (χ2n) is 15.3. The number of carbonyl (C=O) groups is 2. The van der Waals surface area contributed by atoms with Crippen LogP contribution in [0.3, 0.4) is 0 Å². The molecule has 5 rings (SSSR count). The Hall–Kier alpha value is -5.14. The first-order chi connectivity index (χ1) is 26.6. The van der Waals surface area contributed by atoms with Crippen LogP contribution >= 0.6 is 11.6 Å². The number of fused-ring (bicyclic) bond motifs is 1. The van der Waals surface area contributed by atoms with E-state index >= 15 is 0 Å². The van der Waals surface area contributed by atoms with Gasteiger partial charge in [-0.05, 0) is 84.4 Å². The highest BCUT2D eigenvalue weighted by atomic mass is 35.5. The molecule has 1 aromatic heterocycles. The van der Waals surface area contributed by atoms with Gasteiger partial charge in [-0.2, -0.15) is 0 Å². The molecule has 0 aliphatic heterocycles. The number of halogens is 1. The lowest BCUT2D eigenvalue weighted by atomic mass is 9.99. The van der Waals surface area contributed by atoms with Crippen LogP contribution < -0.4 is 26.2 Å². The van der Waals surface area contributed by atoms with E-state index in [0.717, 1.165) is 34.2 Å². The number of aromatic nitrogens is 1. The molecule has 0 saturated carbocycles. The zero-order valence-electron chi connectivity index (χ0n) is 32.7. The molecule has 4 aromatic carbocycles. The lowest BCUT2D eigenvalue weighted by molar-refractivity contribution is 0.0952. The van der Waals surface area contributed by atoms with Crippen LogP contribution in [-0.2, 0) is 17.4 Å². The number of benzene rings is 4. The Morgan fingerprint density at radius 3 is 2.41 bits per heavy atom. The van der Waals surface area contributed by atoms with Crippen molar-refractivity contribution in [2.24, 2.45) is 0 Å². The maximum atomic E-state index is 13.2. The van der Waals surface area contributed by atoms with Gasteiger partial charge >= 0.3 is 6.09 Å². The van der Waals surface area contributed by atoms with Gasteiger partial charge in [0.15, 0.2) is 8.32 Å². The number of ether oxygens (including phenoxy) is 1. The van der Waals surface area contributed by atoms with Crippen molar-refractivity contribution in [3.05, 3.63) is 123 Å². The van der Waals surface area contributed by atoms with E-state index in [0.29, 0.717) is 65.4 Å². The van der Waals surface area contributed by atoms with E-state index in [1.165, 1.54) is 6.07 Å². The summed E-state index contributed by atoms with van der Waals surface area (Å²) in [6.45, 7) is 12.1. The van der Waals surface area contributed by atoms with Gasteiger partial charge in [-0.1, -0.05) is 80.9 Å². The van der Waals surface area contributed by atoms with Crippen LogP contribution in [0.1, 0.15) is 66.8 Å². The Balaban J connectivity index is 1.21. The van der Waals surface area contributed by atoms with E-state index in [4.69, 9.17) is 20.8 Å². The summed E-state index contributed by atoms with van der Waals surface area (Å²) in [6, 6.07) is 25.3. The summed E-state index contributed by atoms with van der Waals surface area (Å²) in [4.78, 5) is 39.6. The third kappa shape index (κ3) is 10.4. The number of phenolic OH excluding ortho intramolecular Hbond substituents is 1. The first-order valence-corrected chi connectivity index (χ1v) is 21.9. The molecule has 0 saturated heterocycles. The van der Waals surface area contributed by atoms with Crippen molar-refractivity contribution >= 4 is 48.5 Å². The Kier molecular flexibility index (Phi) is 13.7. The zero-order chi connectivity index (χ0) is 40.6. The third-order valence-electron chi connectivity index (χ3n) is 10.3. The van der Waals surface area contributed by atoms with Gasteiger partial charge in [0.25, 0.3) is 5.91 Å². The van der Waals surface area contributed by atoms with Gasteiger partial charge in [0.05, 0.1) is 35.0 Å². The van der Waals surface area contributed by atoms with E-state index in [1.54, 1.807) is 31.4 Å². The maximum absolute atomic E-state index is 13.2. The van der Waals surface area contributed by atoms with Crippen molar-refractivity contribution in [2.45, 2.75) is 70.8 Å². The van der Waals surface area contributed by atoms with Gasteiger partial charge in [-0.3, -0.25) is 14.9 Å². The fraction of sp³-hybridized carbons (Fsp3) is 0.326. The lowest BCUT2D eigenvalue weighted by Gasteiger charge is -2.39. The van der Waals surface area contributed by atoms with Crippen molar-refractivity contribution in [3.63, 3.8) is 0 Å². The molecule has 13 heteroatoms. The van der Waals surface area contributed by atoms with Crippen molar-refractivity contribution < 1.29 is 29.0 Å². The monoisotopic (exact) mass is 798 g/mol. The van der Waals surface area contributed by atoms with Crippen LogP contribution in [0, 0.1) is 0 Å². The first-order valence-electron chi connectivity index (χ1n) is 18.6. The third-order valence-corrected chi connectivity index (χ3v) is 15.1. The summed E-state index contributed by atoms with van der Waals surface area (Å²) in [7, 11) is -0.735. The normalized spacial score (nSPS) is 12.3. The van der Waals surface area contributed by atoms with E-state index < -0.39 is 20.5 Å². The van der Waals surface area contributed by atoms with Crippen LogP contribution in [0.2, 0.25) is 23.2 Å². The standard InChI is InChI=1S/C43H51ClN4O7Si/c1-43(2,3)56(5,6)55-38(31-17-19-36(49)40-32(31)18-20-39(50)48-40)26-45-25-29-23-34(44)33(24-37(29)54-4)41(51)46-21-11-10-12-27-15-16-30(28-13-8-7-9-14-28)35(22-27)47-42(52)53/h7-9,13-20,22-24,38,45,47,49H,10-12,21,25-26H2,1-6H3,(H,46,51)(H,48,50)(H,52,53)/t38-/m1/s1. The molecular formula is C43H51ClN4O7Si. The van der Waals surface area contributed by atoms with Crippen LogP contribution in [0.15, 0.2) is 89.7 Å². The number of aryl methyl sites for hydroxylation is 1. The predicted molar refractivity (Wildman–Crippen MR) is 226 cm³/mol. The van der Waals surface area contributed by atoms with Crippen molar-refractivity contribution in [3.8, 4) is 22.6 Å². The number of hydrogen-bond donors (Lipinski definition) is 6. The van der Waals surface area contributed by atoms with E-state index in [-0.39, 0.29) is 22.3 Å². The Bertz CT molecular complexity index is 2240. The van der Waals surface area contributed by atoms with Crippen LogP contribution in [0.4, 0.5) is 10.5 Å². The van der Waals surface area contributed by atoms with Gasteiger partial charge in [-0.15, -0.1) is 0 Å². The highest BCUT2D eigenvalue weighted by Gasteiger charge is 2.39. The fourth-order valence-corrected chi connectivity index (χ4v) is 7.86. The van der Waals surface area contributed by atoms with Gasteiger partial charge in [0, 0.05) is 42.2 Å². The number of hydrogen-bond acceptors (Lipinski definition) is 7. The quantitative estimate of drug-likeness (QED) is 0.0425. The summed E-state index contributed by atoms with van der Waals surface area (Å²) < 4.78 is 12.6.